The highest BCUT2D eigenvalue weighted by Crippen LogP contribution is 2.40. The predicted octanol–water partition coefficient (Wildman–Crippen LogP) is 4.37. The molecule has 2 heteroatoms. The Morgan fingerprint density at radius 2 is 1.77 bits per heavy atom. The lowest BCUT2D eigenvalue weighted by molar-refractivity contribution is 0.0967. The zero-order valence-corrected chi connectivity index (χ0v) is 12.4. The fourth-order valence-electron chi connectivity index (χ4n) is 3.43. The molecule has 0 fully saturated rings. The molecule has 3 aromatic rings. The van der Waals surface area contributed by atoms with Gasteiger partial charge in [-0.2, -0.15) is 0 Å². The van der Waals surface area contributed by atoms with Gasteiger partial charge in [-0.25, -0.2) is 0 Å². The lowest BCUT2D eigenvalue weighted by Gasteiger charge is -2.11. The summed E-state index contributed by atoms with van der Waals surface area (Å²) in [5.41, 5.74) is 3.14. The number of hydrogen-bond acceptors (Lipinski definition) is 2. The van der Waals surface area contributed by atoms with Crippen molar-refractivity contribution in [1.82, 2.24) is 0 Å². The number of rotatable bonds is 3. The summed E-state index contributed by atoms with van der Waals surface area (Å²) in [6, 6.07) is 20.1. The van der Waals surface area contributed by atoms with Gasteiger partial charge in [-0.1, -0.05) is 48.5 Å². The Labute approximate surface area is 129 Å². The number of ether oxygens (including phenoxy) is 1. The highest BCUT2D eigenvalue weighted by Gasteiger charge is 2.32. The van der Waals surface area contributed by atoms with Gasteiger partial charge in [-0.05, 0) is 40.5 Å². The Morgan fingerprint density at radius 1 is 1.00 bits per heavy atom. The van der Waals surface area contributed by atoms with Crippen LogP contribution in [0.1, 0.15) is 27.4 Å². The van der Waals surface area contributed by atoms with E-state index in [1.807, 2.05) is 36.4 Å². The average Bonchev–Trinajstić information content (AvgIpc) is 2.83. The first kappa shape index (κ1) is 13.1. The van der Waals surface area contributed by atoms with Crippen molar-refractivity contribution >= 4 is 16.6 Å². The quantitative estimate of drug-likeness (QED) is 0.715. The second-order valence-corrected chi connectivity index (χ2v) is 5.72. The van der Waals surface area contributed by atoms with Crippen molar-refractivity contribution in [1.29, 1.82) is 0 Å². The third-order valence-corrected chi connectivity index (χ3v) is 4.47. The third kappa shape index (κ3) is 1.92. The van der Waals surface area contributed by atoms with E-state index >= 15 is 0 Å². The zero-order chi connectivity index (χ0) is 15.1. The van der Waals surface area contributed by atoms with Gasteiger partial charge in [0.2, 0.25) is 0 Å². The van der Waals surface area contributed by atoms with Crippen LogP contribution < -0.4 is 4.74 Å². The topological polar surface area (TPSA) is 26.3 Å². The van der Waals surface area contributed by atoms with E-state index in [0.29, 0.717) is 6.42 Å². The summed E-state index contributed by atoms with van der Waals surface area (Å²) >= 11 is 0. The van der Waals surface area contributed by atoms with E-state index in [2.05, 4.69) is 24.3 Å². The molecule has 0 bridgehead atoms. The zero-order valence-electron chi connectivity index (χ0n) is 12.4. The van der Waals surface area contributed by atoms with Crippen molar-refractivity contribution in [2.45, 2.75) is 12.3 Å². The molecule has 22 heavy (non-hydrogen) atoms. The van der Waals surface area contributed by atoms with Gasteiger partial charge in [-0.15, -0.1) is 0 Å². The Kier molecular flexibility index (Phi) is 2.97. The predicted molar refractivity (Wildman–Crippen MR) is 87.7 cm³/mol. The highest BCUT2D eigenvalue weighted by molar-refractivity contribution is 6.18. The number of carbonyl (C=O) groups excluding carboxylic acids is 1. The van der Waals surface area contributed by atoms with Crippen LogP contribution in [0.15, 0.2) is 60.7 Å². The first-order chi connectivity index (χ1) is 10.8. The minimum absolute atomic E-state index is 0.0896. The molecule has 0 heterocycles. The molecule has 2 nitrogen and oxygen atoms in total. The van der Waals surface area contributed by atoms with E-state index in [1.54, 1.807) is 7.11 Å². The maximum absolute atomic E-state index is 12.8. The van der Waals surface area contributed by atoms with Crippen molar-refractivity contribution in [2.75, 3.05) is 7.11 Å². The highest BCUT2D eigenvalue weighted by atomic mass is 16.5. The van der Waals surface area contributed by atoms with Crippen molar-refractivity contribution < 1.29 is 9.53 Å². The molecule has 0 spiro atoms. The standard InChI is InChI=1S/C20H16O2/c1-22-15-8-2-5-13(11-15)12-18-16-9-3-6-14-7-4-10-17(19(14)16)20(18)21/h2-11,18H,12H2,1H3. The molecule has 3 aromatic carbocycles. The fraction of sp³-hybridized carbons (Fsp3) is 0.150. The summed E-state index contributed by atoms with van der Waals surface area (Å²) in [5.74, 6) is 0.974. The Morgan fingerprint density at radius 3 is 2.59 bits per heavy atom. The molecule has 4 rings (SSSR count). The van der Waals surface area contributed by atoms with Crippen LogP contribution in [0, 0.1) is 0 Å². The monoisotopic (exact) mass is 288 g/mol. The van der Waals surface area contributed by atoms with E-state index in [9.17, 15) is 4.79 Å². The van der Waals surface area contributed by atoms with Gasteiger partial charge in [0.25, 0.3) is 0 Å². The number of carbonyl (C=O) groups is 1. The number of Topliss-reactive ketones (excluding diaryl/α,β-unsaturated/α-hetero) is 1. The van der Waals surface area contributed by atoms with Crippen molar-refractivity contribution in [3.05, 3.63) is 77.4 Å². The van der Waals surface area contributed by atoms with Crippen LogP contribution in [-0.4, -0.2) is 12.9 Å². The van der Waals surface area contributed by atoms with Crippen LogP contribution in [0.4, 0.5) is 0 Å². The van der Waals surface area contributed by atoms with E-state index < -0.39 is 0 Å². The van der Waals surface area contributed by atoms with Crippen molar-refractivity contribution in [3.63, 3.8) is 0 Å². The van der Waals surface area contributed by atoms with Crippen LogP contribution in [0.5, 0.6) is 5.75 Å². The first-order valence-electron chi connectivity index (χ1n) is 7.47. The molecule has 1 unspecified atom stereocenters. The van der Waals surface area contributed by atoms with Crippen LogP contribution >= 0.6 is 0 Å². The number of hydrogen-bond donors (Lipinski definition) is 0. The molecule has 0 N–H and O–H groups in total. The number of methoxy groups -OCH3 is 1. The number of ketones is 1. The maximum Gasteiger partial charge on any atom is 0.171 e. The van der Waals surface area contributed by atoms with E-state index in [-0.39, 0.29) is 11.7 Å². The smallest absolute Gasteiger partial charge is 0.171 e. The summed E-state index contributed by atoms with van der Waals surface area (Å²) in [7, 11) is 1.66. The summed E-state index contributed by atoms with van der Waals surface area (Å²) < 4.78 is 5.28. The lowest BCUT2D eigenvalue weighted by atomic mass is 9.92. The van der Waals surface area contributed by atoms with Crippen LogP contribution in [0.2, 0.25) is 0 Å². The molecule has 1 atom stereocenters. The second-order valence-electron chi connectivity index (χ2n) is 5.72. The minimum Gasteiger partial charge on any atom is -0.497 e. The van der Waals surface area contributed by atoms with Gasteiger partial charge in [0.05, 0.1) is 13.0 Å². The molecule has 108 valence electrons. The third-order valence-electron chi connectivity index (χ3n) is 4.47. The van der Waals surface area contributed by atoms with Gasteiger partial charge >= 0.3 is 0 Å². The minimum atomic E-state index is -0.0896. The summed E-state index contributed by atoms with van der Waals surface area (Å²) in [6.07, 6.45) is 0.712. The Balaban J connectivity index is 1.78. The van der Waals surface area contributed by atoms with Gasteiger partial charge in [-0.3, -0.25) is 4.79 Å². The summed E-state index contributed by atoms with van der Waals surface area (Å²) in [5, 5.41) is 2.28. The van der Waals surface area contributed by atoms with Gasteiger partial charge in [0.15, 0.2) is 5.78 Å². The van der Waals surface area contributed by atoms with Crippen molar-refractivity contribution in [2.24, 2.45) is 0 Å². The molecule has 0 saturated carbocycles. The molecular formula is C20H16O2. The SMILES string of the molecule is COc1cccc(CC2C(=O)c3cccc4cccc2c34)c1. The lowest BCUT2D eigenvalue weighted by Crippen LogP contribution is -2.09. The largest absolute Gasteiger partial charge is 0.497 e. The average molecular weight is 288 g/mol. The molecular weight excluding hydrogens is 272 g/mol. The first-order valence-corrected chi connectivity index (χ1v) is 7.47. The molecule has 0 aromatic heterocycles. The van der Waals surface area contributed by atoms with Crippen LogP contribution in [0.3, 0.4) is 0 Å². The van der Waals surface area contributed by atoms with Gasteiger partial charge in [0.1, 0.15) is 5.75 Å². The van der Waals surface area contributed by atoms with Gasteiger partial charge in [0, 0.05) is 5.56 Å². The Hall–Kier alpha value is -2.61. The van der Waals surface area contributed by atoms with Gasteiger partial charge < -0.3 is 4.74 Å². The number of benzene rings is 3. The normalized spacial score (nSPS) is 16.2. The fourth-order valence-corrected chi connectivity index (χ4v) is 3.43. The second kappa shape index (κ2) is 4.99. The van der Waals surface area contributed by atoms with Crippen LogP contribution in [0.25, 0.3) is 10.8 Å². The summed E-state index contributed by atoms with van der Waals surface area (Å²) in [6.45, 7) is 0. The van der Waals surface area contributed by atoms with Crippen molar-refractivity contribution in [3.8, 4) is 5.75 Å². The van der Waals surface area contributed by atoms with E-state index in [0.717, 1.165) is 33.2 Å². The Bertz CT molecular complexity index is 875. The molecule has 1 aliphatic rings. The molecule has 1 aliphatic carbocycles. The molecule has 0 aliphatic heterocycles. The molecule has 0 saturated heterocycles. The summed E-state index contributed by atoms with van der Waals surface area (Å²) in [4.78, 5) is 12.8. The molecule has 0 amide bonds. The maximum atomic E-state index is 12.8. The molecule has 0 radical (unpaired) electrons. The van der Waals surface area contributed by atoms with E-state index in [4.69, 9.17) is 4.74 Å². The van der Waals surface area contributed by atoms with Crippen LogP contribution in [-0.2, 0) is 6.42 Å². The van der Waals surface area contributed by atoms with E-state index in [1.165, 1.54) is 0 Å².